The number of fused-ring (bicyclic) bond motifs is 2. The molecule has 0 saturated heterocycles. The molecule has 4 aromatic rings. The van der Waals surface area contributed by atoms with E-state index < -0.39 is 40.8 Å². The molecule has 1 N–H and O–H groups in total. The van der Waals surface area contributed by atoms with Gasteiger partial charge in [0, 0.05) is 5.69 Å². The van der Waals surface area contributed by atoms with Crippen molar-refractivity contribution in [1.82, 2.24) is 9.97 Å². The number of nitrogens with one attached hydrogen (secondary N) is 1. The lowest BCUT2D eigenvalue weighted by Crippen LogP contribution is -2.28. The highest BCUT2D eigenvalue weighted by Crippen LogP contribution is 2.39. The van der Waals surface area contributed by atoms with Crippen LogP contribution < -0.4 is 15.2 Å². The van der Waals surface area contributed by atoms with Crippen LogP contribution >= 0.6 is 0 Å². The molecule has 1 heterocycles. The van der Waals surface area contributed by atoms with Gasteiger partial charge in [0.2, 0.25) is 34.8 Å². The number of hydrogen-bond donors (Lipinski definition) is 1. The van der Waals surface area contributed by atoms with Gasteiger partial charge in [-0.3, -0.25) is 4.79 Å². The zero-order valence-corrected chi connectivity index (χ0v) is 20.2. The first-order valence-electron chi connectivity index (χ1n) is 11.7. The lowest BCUT2D eigenvalue weighted by atomic mass is 10.0. The number of carbonyl (C=O) groups excluding carboxylic acids is 1. The second-order valence-electron chi connectivity index (χ2n) is 8.94. The number of esters is 1. The Balaban J connectivity index is 1.44. The summed E-state index contributed by atoms with van der Waals surface area (Å²) >= 11 is 0. The van der Waals surface area contributed by atoms with Crippen molar-refractivity contribution in [3.05, 3.63) is 98.4 Å². The van der Waals surface area contributed by atoms with Gasteiger partial charge in [0.05, 0.1) is 29.1 Å². The Morgan fingerprint density at radius 3 is 2.36 bits per heavy atom. The van der Waals surface area contributed by atoms with Crippen molar-refractivity contribution in [3.8, 4) is 18.1 Å². The third-order valence-corrected chi connectivity index (χ3v) is 6.57. The molecule has 6 nitrogen and oxygen atoms in total. The lowest BCUT2D eigenvalue weighted by molar-refractivity contribution is 0.0716. The number of H-pyrrole nitrogens is 1. The minimum atomic E-state index is -2.36. The highest BCUT2D eigenvalue weighted by molar-refractivity contribution is 5.91. The van der Waals surface area contributed by atoms with Gasteiger partial charge < -0.3 is 14.6 Å². The fourth-order valence-corrected chi connectivity index (χ4v) is 4.76. The van der Waals surface area contributed by atoms with E-state index >= 15 is 0 Å². The second-order valence-corrected chi connectivity index (χ2v) is 8.94. The molecular formula is C28H18F5N3O3. The minimum absolute atomic E-state index is 0.180. The number of terminal acetylenes is 1. The van der Waals surface area contributed by atoms with E-state index in [1.54, 1.807) is 13.0 Å². The van der Waals surface area contributed by atoms with Crippen molar-refractivity contribution in [3.63, 3.8) is 0 Å². The summed E-state index contributed by atoms with van der Waals surface area (Å²) in [6.45, 7) is 1.88. The summed E-state index contributed by atoms with van der Waals surface area (Å²) in [7, 11) is 0. The van der Waals surface area contributed by atoms with Gasteiger partial charge in [-0.1, -0.05) is 5.92 Å². The van der Waals surface area contributed by atoms with Crippen LogP contribution in [0, 0.1) is 48.4 Å². The van der Waals surface area contributed by atoms with Crippen molar-refractivity contribution < 1.29 is 31.5 Å². The maximum atomic E-state index is 13.9. The largest absolute Gasteiger partial charge is 0.416 e. The van der Waals surface area contributed by atoms with E-state index in [0.29, 0.717) is 28.8 Å². The first kappa shape index (κ1) is 25.9. The fraction of sp³-hybridized carbons (Fsp3) is 0.179. The Labute approximate surface area is 218 Å². The number of aryl methyl sites for hydroxylation is 2. The Bertz CT molecular complexity index is 1720. The molecule has 0 amide bonds. The molecule has 0 fully saturated rings. The quantitative estimate of drug-likeness (QED) is 0.0934. The van der Waals surface area contributed by atoms with Crippen LogP contribution in [0.3, 0.4) is 0 Å². The zero-order chi connectivity index (χ0) is 28.0. The van der Waals surface area contributed by atoms with E-state index in [1.165, 1.54) is 24.3 Å². The molecule has 198 valence electrons. The van der Waals surface area contributed by atoms with Crippen LogP contribution in [0.4, 0.5) is 27.6 Å². The van der Waals surface area contributed by atoms with Crippen molar-refractivity contribution in [2.45, 2.75) is 25.8 Å². The molecule has 1 atom stereocenters. The van der Waals surface area contributed by atoms with Crippen molar-refractivity contribution in [1.29, 1.82) is 0 Å². The highest BCUT2D eigenvalue weighted by Gasteiger charge is 2.31. The summed E-state index contributed by atoms with van der Waals surface area (Å²) < 4.78 is 72.5. The van der Waals surface area contributed by atoms with E-state index in [1.807, 2.05) is 11.0 Å². The van der Waals surface area contributed by atoms with Gasteiger partial charge in [-0.25, -0.2) is 22.9 Å². The Morgan fingerprint density at radius 2 is 1.72 bits per heavy atom. The van der Waals surface area contributed by atoms with Crippen molar-refractivity contribution in [2.24, 2.45) is 0 Å². The predicted octanol–water partition coefficient (Wildman–Crippen LogP) is 5.27. The van der Waals surface area contributed by atoms with Crippen LogP contribution in [-0.2, 0) is 6.42 Å². The summed E-state index contributed by atoms with van der Waals surface area (Å²) in [5, 5.41) is 0.443. The number of rotatable bonds is 5. The maximum Gasteiger partial charge on any atom is 0.343 e. The number of hydrogen-bond acceptors (Lipinski definition) is 5. The zero-order valence-electron chi connectivity index (χ0n) is 20.2. The molecule has 3 aromatic carbocycles. The smallest absolute Gasteiger partial charge is 0.343 e. The van der Waals surface area contributed by atoms with Crippen LogP contribution in [0.1, 0.15) is 39.8 Å². The number of carbonyl (C=O) groups is 1. The molecule has 1 aliphatic rings. The minimum Gasteiger partial charge on any atom is -0.416 e. The average molecular weight is 539 g/mol. The molecule has 1 aromatic heterocycles. The number of aromatic nitrogens is 2. The molecule has 1 aliphatic carbocycles. The lowest BCUT2D eigenvalue weighted by Gasteiger charge is -2.30. The van der Waals surface area contributed by atoms with Gasteiger partial charge in [0.15, 0.2) is 0 Å². The van der Waals surface area contributed by atoms with Crippen LogP contribution in [0.2, 0.25) is 0 Å². The normalized spacial score (nSPS) is 14.2. The predicted molar refractivity (Wildman–Crippen MR) is 132 cm³/mol. The number of ether oxygens (including phenoxy) is 1. The number of nitrogens with zero attached hydrogens (tertiary/aromatic N) is 2. The van der Waals surface area contributed by atoms with E-state index in [2.05, 4.69) is 20.6 Å². The van der Waals surface area contributed by atoms with Gasteiger partial charge in [-0.2, -0.15) is 8.78 Å². The molecule has 0 unspecified atom stereocenters. The topological polar surface area (TPSA) is 75.3 Å². The van der Waals surface area contributed by atoms with Crippen LogP contribution in [0.15, 0.2) is 41.2 Å². The van der Waals surface area contributed by atoms with E-state index in [9.17, 15) is 31.5 Å². The Kier molecular flexibility index (Phi) is 6.56. The molecule has 0 radical (unpaired) electrons. The van der Waals surface area contributed by atoms with Crippen molar-refractivity contribution in [2.75, 3.05) is 11.4 Å². The molecular weight excluding hydrogens is 521 g/mol. The van der Waals surface area contributed by atoms with E-state index in [-0.39, 0.29) is 23.7 Å². The van der Waals surface area contributed by atoms with Gasteiger partial charge in [-0.15, -0.1) is 6.42 Å². The number of aromatic amines is 1. The fourth-order valence-electron chi connectivity index (χ4n) is 4.76. The maximum absolute atomic E-state index is 13.9. The molecule has 39 heavy (non-hydrogen) atoms. The summed E-state index contributed by atoms with van der Waals surface area (Å²) in [6.07, 6.45) is 7.03. The highest BCUT2D eigenvalue weighted by atomic mass is 19.2. The first-order valence-corrected chi connectivity index (χ1v) is 11.7. The summed E-state index contributed by atoms with van der Waals surface area (Å²) in [6, 6.07) is 9.08. The first-order chi connectivity index (χ1) is 18.6. The van der Waals surface area contributed by atoms with Crippen LogP contribution in [0.5, 0.6) is 5.75 Å². The van der Waals surface area contributed by atoms with Gasteiger partial charge in [-0.05, 0) is 67.3 Å². The molecule has 5 rings (SSSR count). The molecule has 0 spiro atoms. The third-order valence-electron chi connectivity index (χ3n) is 6.57. The second kappa shape index (κ2) is 9.87. The monoisotopic (exact) mass is 539 g/mol. The third kappa shape index (κ3) is 4.48. The van der Waals surface area contributed by atoms with Crippen LogP contribution in [0.25, 0.3) is 10.9 Å². The van der Waals surface area contributed by atoms with Gasteiger partial charge in [0.25, 0.3) is 5.56 Å². The summed E-state index contributed by atoms with van der Waals surface area (Å²) in [5.41, 5.74) is 2.66. The number of halogens is 5. The van der Waals surface area contributed by atoms with E-state index in [0.717, 1.165) is 17.5 Å². The standard InChI is InChI=1S/C28H18F5N3O3/c1-3-10-36(20-9-6-15-11-19-18(12-17(15)20)27(37)35-13(2)34-19)16-7-4-14(5-8-16)28(38)39-26-24(32)22(30)21(29)23(31)25(26)33/h1,4-5,7-8,11-12,20H,6,9-10H2,2H3,(H,34,35,37)/t20-/m1/s1. The van der Waals surface area contributed by atoms with E-state index in [4.69, 9.17) is 6.42 Å². The molecule has 0 aliphatic heterocycles. The average Bonchev–Trinajstić information content (AvgIpc) is 3.33. The van der Waals surface area contributed by atoms with Gasteiger partial charge >= 0.3 is 5.97 Å². The summed E-state index contributed by atoms with van der Waals surface area (Å²) in [5.74, 6) is -11.2. The SMILES string of the molecule is C#CCN(c1ccc(C(=O)Oc2c(F)c(F)c(F)c(F)c2F)cc1)[C@@H]1CCc2cc3nc(C)[nH]c(=O)c3cc21. The molecule has 11 heteroatoms. The number of benzene rings is 3. The Hall–Kier alpha value is -4.72. The van der Waals surface area contributed by atoms with Crippen LogP contribution in [-0.4, -0.2) is 22.5 Å². The Morgan fingerprint density at radius 1 is 1.08 bits per heavy atom. The summed E-state index contributed by atoms with van der Waals surface area (Å²) in [4.78, 5) is 34.0. The molecule has 0 bridgehead atoms. The van der Waals surface area contributed by atoms with Gasteiger partial charge in [0.1, 0.15) is 5.82 Å². The number of anilines is 1. The molecule has 0 saturated carbocycles. The van der Waals surface area contributed by atoms with Crippen molar-refractivity contribution >= 4 is 22.6 Å².